The van der Waals surface area contributed by atoms with E-state index in [1.54, 1.807) is 12.1 Å². The molecule has 4 unspecified atom stereocenters. The number of nitrogens with two attached hydrogens (primary N) is 3. The van der Waals surface area contributed by atoms with E-state index in [1.165, 1.54) is 24.7 Å². The van der Waals surface area contributed by atoms with Crippen molar-refractivity contribution >= 4 is 29.6 Å². The fourth-order valence-corrected chi connectivity index (χ4v) is 3.79. The van der Waals surface area contributed by atoms with Gasteiger partial charge in [0.15, 0.2) is 0 Å². The molecule has 4 amide bonds. The van der Waals surface area contributed by atoms with Crippen LogP contribution in [0.15, 0.2) is 36.8 Å². The molecular weight excluding hydrogens is 524 g/mol. The fraction of sp³-hybridized carbons (Fsp3) is 0.440. The minimum Gasteiger partial charge on any atom is -0.508 e. The topological polar surface area (TPSA) is 269 Å². The normalized spacial score (nSPS) is 13.8. The number of H-pyrrole nitrogens is 1. The number of nitrogens with one attached hydrogen (secondary N) is 4. The third-order valence-electron chi connectivity index (χ3n) is 5.94. The quantitative estimate of drug-likeness (QED) is 0.0939. The van der Waals surface area contributed by atoms with E-state index in [0.717, 1.165) is 0 Å². The number of primary amides is 1. The van der Waals surface area contributed by atoms with Gasteiger partial charge in [-0.15, -0.1) is 0 Å². The second-order valence-corrected chi connectivity index (χ2v) is 9.23. The molecule has 12 N–H and O–H groups in total. The lowest BCUT2D eigenvalue weighted by Crippen LogP contribution is -2.58. The Hall–Kier alpha value is -4.50. The van der Waals surface area contributed by atoms with Crippen LogP contribution in [0.4, 0.5) is 0 Å². The van der Waals surface area contributed by atoms with Crippen molar-refractivity contribution in [3.8, 4) is 5.75 Å². The van der Waals surface area contributed by atoms with Crippen LogP contribution >= 0.6 is 0 Å². The number of rotatable bonds is 17. The van der Waals surface area contributed by atoms with Crippen LogP contribution in [0.5, 0.6) is 5.75 Å². The number of carbonyl (C=O) groups excluding carboxylic acids is 4. The third-order valence-corrected chi connectivity index (χ3v) is 5.94. The van der Waals surface area contributed by atoms with Crippen LogP contribution in [0.3, 0.4) is 0 Å². The number of amides is 4. The Bertz CT molecular complexity index is 1140. The van der Waals surface area contributed by atoms with Gasteiger partial charge in [-0.2, -0.15) is 0 Å². The van der Waals surface area contributed by atoms with Gasteiger partial charge in [0, 0.05) is 24.7 Å². The number of aromatic nitrogens is 2. The SMILES string of the molecule is NCCCCC(NC(=O)C(Cc1cnc[nH]1)NC(=O)C(Cc1ccc(O)cc1)NC(=O)C(N)CC(N)=O)C(=O)O. The van der Waals surface area contributed by atoms with Gasteiger partial charge in [-0.1, -0.05) is 12.1 Å². The molecule has 218 valence electrons. The summed E-state index contributed by atoms with van der Waals surface area (Å²) in [5.41, 5.74) is 17.4. The molecule has 1 heterocycles. The zero-order chi connectivity index (χ0) is 29.7. The number of phenols is 1. The van der Waals surface area contributed by atoms with E-state index in [4.69, 9.17) is 17.2 Å². The highest BCUT2D eigenvalue weighted by molar-refractivity contribution is 5.95. The summed E-state index contributed by atoms with van der Waals surface area (Å²) in [6.45, 7) is 0.371. The number of imidazole rings is 1. The van der Waals surface area contributed by atoms with E-state index in [0.29, 0.717) is 30.6 Å². The minimum atomic E-state index is -1.32. The summed E-state index contributed by atoms with van der Waals surface area (Å²) < 4.78 is 0. The van der Waals surface area contributed by atoms with Crippen molar-refractivity contribution in [3.63, 3.8) is 0 Å². The summed E-state index contributed by atoms with van der Waals surface area (Å²) in [7, 11) is 0. The van der Waals surface area contributed by atoms with Crippen LogP contribution in [-0.4, -0.2) is 80.5 Å². The zero-order valence-corrected chi connectivity index (χ0v) is 21.8. The van der Waals surface area contributed by atoms with Crippen LogP contribution < -0.4 is 33.2 Å². The van der Waals surface area contributed by atoms with Crippen LogP contribution in [0, 0.1) is 0 Å². The molecule has 0 saturated carbocycles. The molecule has 15 heteroatoms. The van der Waals surface area contributed by atoms with E-state index >= 15 is 0 Å². The molecule has 0 bridgehead atoms. The molecule has 2 aromatic rings. The van der Waals surface area contributed by atoms with Crippen LogP contribution in [-0.2, 0) is 36.8 Å². The van der Waals surface area contributed by atoms with Gasteiger partial charge in [-0.05, 0) is 43.5 Å². The molecule has 0 fully saturated rings. The summed E-state index contributed by atoms with van der Waals surface area (Å²) in [4.78, 5) is 68.9. The molecule has 1 aromatic heterocycles. The summed E-state index contributed by atoms with van der Waals surface area (Å²) in [6.07, 6.45) is 3.44. The van der Waals surface area contributed by atoms with Crippen molar-refractivity contribution < 1.29 is 34.2 Å². The van der Waals surface area contributed by atoms with E-state index in [-0.39, 0.29) is 25.0 Å². The van der Waals surface area contributed by atoms with E-state index < -0.39 is 60.2 Å². The van der Waals surface area contributed by atoms with E-state index in [2.05, 4.69) is 25.9 Å². The average molecular weight is 561 g/mol. The first-order valence-corrected chi connectivity index (χ1v) is 12.6. The number of unbranched alkanes of at least 4 members (excludes halogenated alkanes) is 1. The second kappa shape index (κ2) is 15.8. The maximum atomic E-state index is 13.4. The summed E-state index contributed by atoms with van der Waals surface area (Å²) in [6, 6.07) is 0.848. The largest absolute Gasteiger partial charge is 0.508 e. The van der Waals surface area contributed by atoms with Gasteiger partial charge in [0.1, 0.15) is 23.9 Å². The number of carbonyl (C=O) groups is 5. The van der Waals surface area contributed by atoms with E-state index in [1.807, 2.05) is 0 Å². The maximum Gasteiger partial charge on any atom is 0.326 e. The standard InChI is InChI=1S/C25H36N8O7/c26-8-2-1-3-18(25(39)40)31-24(38)20(10-15-12-29-13-30-15)33-23(37)19(9-14-4-6-16(34)7-5-14)32-22(36)17(27)11-21(28)35/h4-7,12-13,17-20,34H,1-3,8-11,26-27H2,(H2,28,35)(H,29,30)(H,31,38)(H,32,36)(H,33,37)(H,39,40). The number of hydrogen-bond donors (Lipinski definition) is 9. The van der Waals surface area contributed by atoms with Crippen LogP contribution in [0.2, 0.25) is 0 Å². The Morgan fingerprint density at radius 2 is 1.50 bits per heavy atom. The average Bonchev–Trinajstić information content (AvgIpc) is 3.41. The first kappa shape index (κ1) is 31.7. The number of aromatic amines is 1. The lowest BCUT2D eigenvalue weighted by atomic mass is 10.0. The molecule has 0 radical (unpaired) electrons. The van der Waals surface area contributed by atoms with Crippen molar-refractivity contribution in [2.75, 3.05) is 6.54 Å². The Balaban J connectivity index is 2.27. The van der Waals surface area contributed by atoms with Gasteiger partial charge in [0.25, 0.3) is 0 Å². The predicted octanol–water partition coefficient (Wildman–Crippen LogP) is -2.23. The number of aliphatic carboxylic acids is 1. The van der Waals surface area contributed by atoms with Gasteiger partial charge in [-0.3, -0.25) is 19.2 Å². The van der Waals surface area contributed by atoms with Gasteiger partial charge < -0.3 is 48.3 Å². The predicted molar refractivity (Wildman–Crippen MR) is 142 cm³/mol. The highest BCUT2D eigenvalue weighted by Gasteiger charge is 2.31. The third kappa shape index (κ3) is 10.7. The lowest BCUT2D eigenvalue weighted by molar-refractivity contribution is -0.142. The Kier molecular flexibility index (Phi) is 12.5. The number of nitrogens with zero attached hydrogens (tertiary/aromatic N) is 1. The molecule has 0 aliphatic heterocycles. The van der Waals surface area contributed by atoms with Crippen molar-refractivity contribution in [1.82, 2.24) is 25.9 Å². The second-order valence-electron chi connectivity index (χ2n) is 9.23. The highest BCUT2D eigenvalue weighted by Crippen LogP contribution is 2.12. The van der Waals surface area contributed by atoms with Gasteiger partial charge in [-0.25, -0.2) is 9.78 Å². The number of hydrogen-bond acceptors (Lipinski definition) is 9. The molecule has 2 rings (SSSR count). The van der Waals surface area contributed by atoms with Crippen molar-refractivity contribution in [2.24, 2.45) is 17.2 Å². The highest BCUT2D eigenvalue weighted by atomic mass is 16.4. The van der Waals surface area contributed by atoms with Crippen molar-refractivity contribution in [1.29, 1.82) is 0 Å². The smallest absolute Gasteiger partial charge is 0.326 e. The molecular formula is C25H36N8O7. The number of carboxylic acid groups (broad SMARTS) is 1. The Morgan fingerprint density at radius 3 is 2.05 bits per heavy atom. The summed E-state index contributed by atoms with van der Waals surface area (Å²) in [5.74, 6) is -4.41. The molecule has 0 spiro atoms. The zero-order valence-electron chi connectivity index (χ0n) is 21.8. The number of phenolic OH excluding ortho intramolecular Hbond substituents is 1. The Labute approximate surface area is 230 Å². The first-order chi connectivity index (χ1) is 19.0. The molecule has 15 nitrogen and oxygen atoms in total. The number of benzene rings is 1. The molecule has 0 aliphatic carbocycles. The van der Waals surface area contributed by atoms with Gasteiger partial charge in [0.2, 0.25) is 23.6 Å². The number of carboxylic acids is 1. The first-order valence-electron chi connectivity index (χ1n) is 12.6. The molecule has 0 aliphatic rings. The van der Waals surface area contributed by atoms with Crippen LogP contribution in [0.1, 0.15) is 36.9 Å². The maximum absolute atomic E-state index is 13.4. The fourth-order valence-electron chi connectivity index (χ4n) is 3.79. The molecule has 1 aromatic carbocycles. The van der Waals surface area contributed by atoms with E-state index in [9.17, 15) is 34.2 Å². The Morgan fingerprint density at radius 1 is 0.900 bits per heavy atom. The van der Waals surface area contributed by atoms with Crippen molar-refractivity contribution in [3.05, 3.63) is 48.0 Å². The summed E-state index contributed by atoms with van der Waals surface area (Å²) in [5, 5.41) is 26.6. The van der Waals surface area contributed by atoms with Crippen molar-refractivity contribution in [2.45, 2.75) is 62.7 Å². The lowest BCUT2D eigenvalue weighted by Gasteiger charge is -2.25. The van der Waals surface area contributed by atoms with Crippen LogP contribution in [0.25, 0.3) is 0 Å². The summed E-state index contributed by atoms with van der Waals surface area (Å²) >= 11 is 0. The minimum absolute atomic E-state index is 0.00647. The molecule has 4 atom stereocenters. The monoisotopic (exact) mass is 560 g/mol. The van der Waals surface area contributed by atoms with Gasteiger partial charge >= 0.3 is 5.97 Å². The number of aromatic hydroxyl groups is 1. The molecule has 0 saturated heterocycles. The van der Waals surface area contributed by atoms with Gasteiger partial charge in [0.05, 0.1) is 18.8 Å². The molecule has 40 heavy (non-hydrogen) atoms.